The summed E-state index contributed by atoms with van der Waals surface area (Å²) in [5.74, 6) is 0.636. The average molecular weight is 347 g/mol. The molecule has 1 atom stereocenters. The van der Waals surface area contributed by atoms with Crippen molar-refractivity contribution < 1.29 is 9.21 Å². The Hall–Kier alpha value is -3.08. The summed E-state index contributed by atoms with van der Waals surface area (Å²) in [6.45, 7) is 4.54. The van der Waals surface area contributed by atoms with Gasteiger partial charge in [0.25, 0.3) is 0 Å². The topological polar surface area (TPSA) is 58.4 Å². The predicted octanol–water partition coefficient (Wildman–Crippen LogP) is 4.63. The predicted molar refractivity (Wildman–Crippen MR) is 101 cm³/mol. The first-order chi connectivity index (χ1) is 12.6. The van der Waals surface area contributed by atoms with E-state index in [0.29, 0.717) is 12.4 Å². The number of nitrogens with one attached hydrogen (secondary N) is 1. The fourth-order valence-electron chi connectivity index (χ4n) is 3.37. The lowest BCUT2D eigenvalue weighted by atomic mass is 9.95. The Kier molecular flexibility index (Phi) is 4.21. The first-order valence-corrected chi connectivity index (χ1v) is 8.77. The van der Waals surface area contributed by atoms with E-state index in [-0.39, 0.29) is 12.1 Å². The van der Waals surface area contributed by atoms with Crippen LogP contribution in [-0.4, -0.2) is 22.0 Å². The van der Waals surface area contributed by atoms with Gasteiger partial charge in [-0.05, 0) is 36.6 Å². The van der Waals surface area contributed by atoms with E-state index < -0.39 is 0 Å². The molecule has 0 aliphatic carbocycles. The first kappa shape index (κ1) is 16.4. The van der Waals surface area contributed by atoms with Gasteiger partial charge in [-0.25, -0.2) is 9.78 Å². The molecule has 132 valence electrons. The van der Waals surface area contributed by atoms with Gasteiger partial charge >= 0.3 is 6.03 Å². The number of amides is 2. The van der Waals surface area contributed by atoms with E-state index in [1.54, 1.807) is 6.26 Å². The van der Waals surface area contributed by atoms with Crippen LogP contribution in [0.5, 0.6) is 0 Å². The second-order valence-corrected chi connectivity index (χ2v) is 6.71. The molecule has 5 nitrogen and oxygen atoms in total. The molecule has 1 aliphatic heterocycles. The number of carbonyl (C=O) groups is 1. The lowest BCUT2D eigenvalue weighted by Crippen LogP contribution is -2.44. The Morgan fingerprint density at radius 1 is 1.15 bits per heavy atom. The third kappa shape index (κ3) is 3.20. The molecule has 0 saturated carbocycles. The van der Waals surface area contributed by atoms with Crippen LogP contribution < -0.4 is 5.32 Å². The minimum Gasteiger partial charge on any atom is -0.449 e. The van der Waals surface area contributed by atoms with Crippen LogP contribution in [0.1, 0.15) is 23.9 Å². The van der Waals surface area contributed by atoms with Crippen molar-refractivity contribution in [1.29, 1.82) is 0 Å². The minimum atomic E-state index is -0.0722. The Morgan fingerprint density at radius 2 is 1.88 bits per heavy atom. The lowest BCUT2D eigenvalue weighted by molar-refractivity contribution is 0.182. The summed E-state index contributed by atoms with van der Waals surface area (Å²) in [6.07, 6.45) is 2.52. The molecule has 1 aliphatic rings. The number of rotatable bonds is 2. The molecule has 3 aromatic rings. The molecule has 1 N–H and O–H groups in total. The molecule has 0 fully saturated rings. The zero-order chi connectivity index (χ0) is 18.1. The molecule has 1 aromatic heterocycles. The summed E-state index contributed by atoms with van der Waals surface area (Å²) >= 11 is 0. The van der Waals surface area contributed by atoms with Crippen LogP contribution >= 0.6 is 0 Å². The number of aryl methyl sites for hydroxylation is 1. The number of anilines is 1. The third-order valence-corrected chi connectivity index (χ3v) is 4.82. The second kappa shape index (κ2) is 6.67. The summed E-state index contributed by atoms with van der Waals surface area (Å²) in [4.78, 5) is 18.9. The zero-order valence-corrected chi connectivity index (χ0v) is 14.9. The number of aromatic nitrogens is 1. The van der Waals surface area contributed by atoms with E-state index in [1.165, 1.54) is 11.1 Å². The number of hydrogen-bond donors (Lipinski definition) is 1. The molecule has 2 aromatic carbocycles. The highest BCUT2D eigenvalue weighted by Crippen LogP contribution is 2.25. The molecular weight excluding hydrogens is 326 g/mol. The van der Waals surface area contributed by atoms with Crippen molar-refractivity contribution in [2.24, 2.45) is 0 Å². The largest absolute Gasteiger partial charge is 0.449 e. The summed E-state index contributed by atoms with van der Waals surface area (Å²) in [5, 5.41) is 3.00. The minimum absolute atomic E-state index is 0.0722. The van der Waals surface area contributed by atoms with Crippen molar-refractivity contribution in [3.63, 3.8) is 0 Å². The van der Waals surface area contributed by atoms with Crippen LogP contribution in [0, 0.1) is 6.92 Å². The Bertz CT molecular complexity index is 930. The number of carbonyl (C=O) groups excluding carboxylic acids is 1. The monoisotopic (exact) mass is 347 g/mol. The molecule has 26 heavy (non-hydrogen) atoms. The normalized spacial score (nSPS) is 16.2. The van der Waals surface area contributed by atoms with E-state index in [2.05, 4.69) is 35.4 Å². The van der Waals surface area contributed by atoms with Gasteiger partial charge in [-0.15, -0.1) is 0 Å². The van der Waals surface area contributed by atoms with Crippen LogP contribution in [0.25, 0.3) is 11.3 Å². The van der Waals surface area contributed by atoms with Gasteiger partial charge in [0.05, 0.1) is 0 Å². The van der Waals surface area contributed by atoms with Crippen molar-refractivity contribution in [3.8, 4) is 11.3 Å². The van der Waals surface area contributed by atoms with Gasteiger partial charge in [-0.3, -0.25) is 0 Å². The van der Waals surface area contributed by atoms with Gasteiger partial charge < -0.3 is 14.6 Å². The van der Waals surface area contributed by atoms with Crippen LogP contribution in [-0.2, 0) is 13.0 Å². The molecular formula is C21H21N3O2. The van der Waals surface area contributed by atoms with E-state index in [1.807, 2.05) is 42.2 Å². The quantitative estimate of drug-likeness (QED) is 0.735. The Labute approximate surface area is 152 Å². The van der Waals surface area contributed by atoms with Crippen molar-refractivity contribution in [1.82, 2.24) is 9.88 Å². The van der Waals surface area contributed by atoms with Crippen LogP contribution in [0.4, 0.5) is 10.5 Å². The van der Waals surface area contributed by atoms with Crippen LogP contribution in [0.3, 0.4) is 0 Å². The van der Waals surface area contributed by atoms with Gasteiger partial charge in [0, 0.05) is 30.8 Å². The average Bonchev–Trinajstić information content (AvgIpc) is 3.08. The Balaban J connectivity index is 1.46. The first-order valence-electron chi connectivity index (χ1n) is 8.77. The highest BCUT2D eigenvalue weighted by Gasteiger charge is 2.26. The van der Waals surface area contributed by atoms with E-state index in [0.717, 1.165) is 23.4 Å². The standard InChI is InChI=1S/C21H21N3O2/c1-14-11-17-5-3-4-6-18(17)12-24(14)21(25)23-19-9-7-16(8-10-19)20-13-26-15(2)22-20/h3-10,13-14H,11-12H2,1-2H3,(H,23,25). The number of urea groups is 1. The highest BCUT2D eigenvalue weighted by atomic mass is 16.3. The van der Waals surface area contributed by atoms with Crippen LogP contribution in [0.15, 0.2) is 59.2 Å². The third-order valence-electron chi connectivity index (χ3n) is 4.82. The molecule has 0 saturated heterocycles. The molecule has 0 radical (unpaired) electrons. The van der Waals surface area contributed by atoms with Gasteiger partial charge in [0.1, 0.15) is 12.0 Å². The van der Waals surface area contributed by atoms with Gasteiger partial charge in [0.2, 0.25) is 0 Å². The highest BCUT2D eigenvalue weighted by molar-refractivity contribution is 5.90. The summed E-state index contributed by atoms with van der Waals surface area (Å²) in [5.41, 5.74) is 5.07. The van der Waals surface area contributed by atoms with E-state index in [4.69, 9.17) is 4.42 Å². The molecule has 2 heterocycles. The second-order valence-electron chi connectivity index (χ2n) is 6.71. The fourth-order valence-corrected chi connectivity index (χ4v) is 3.37. The van der Waals surface area contributed by atoms with Gasteiger partial charge in [-0.2, -0.15) is 0 Å². The maximum Gasteiger partial charge on any atom is 0.322 e. The van der Waals surface area contributed by atoms with Crippen LogP contribution in [0.2, 0.25) is 0 Å². The molecule has 0 bridgehead atoms. The maximum absolute atomic E-state index is 12.7. The van der Waals surface area contributed by atoms with Gasteiger partial charge in [0.15, 0.2) is 5.89 Å². The fraction of sp³-hybridized carbons (Fsp3) is 0.238. The number of fused-ring (bicyclic) bond motifs is 1. The molecule has 1 unspecified atom stereocenters. The number of oxazole rings is 1. The SMILES string of the molecule is Cc1nc(-c2ccc(NC(=O)N3Cc4ccccc4CC3C)cc2)co1. The molecule has 5 heteroatoms. The van der Waals surface area contributed by atoms with E-state index in [9.17, 15) is 4.79 Å². The van der Waals surface area contributed by atoms with Crippen molar-refractivity contribution in [2.75, 3.05) is 5.32 Å². The Morgan fingerprint density at radius 3 is 2.58 bits per heavy atom. The number of nitrogens with zero attached hydrogens (tertiary/aromatic N) is 2. The molecule has 0 spiro atoms. The van der Waals surface area contributed by atoms with Crippen molar-refractivity contribution >= 4 is 11.7 Å². The summed E-state index contributed by atoms with van der Waals surface area (Å²) in [7, 11) is 0. The number of hydrogen-bond acceptors (Lipinski definition) is 3. The maximum atomic E-state index is 12.7. The number of benzene rings is 2. The van der Waals surface area contributed by atoms with Gasteiger partial charge in [-0.1, -0.05) is 36.4 Å². The molecule has 4 rings (SSSR count). The smallest absolute Gasteiger partial charge is 0.322 e. The molecule has 2 amide bonds. The van der Waals surface area contributed by atoms with Crippen molar-refractivity contribution in [2.45, 2.75) is 32.9 Å². The zero-order valence-electron chi connectivity index (χ0n) is 14.9. The summed E-state index contributed by atoms with van der Waals surface area (Å²) in [6, 6.07) is 16.1. The lowest BCUT2D eigenvalue weighted by Gasteiger charge is -2.34. The van der Waals surface area contributed by atoms with Crippen molar-refractivity contribution in [3.05, 3.63) is 71.8 Å². The van der Waals surface area contributed by atoms with E-state index >= 15 is 0 Å². The summed E-state index contributed by atoms with van der Waals surface area (Å²) < 4.78 is 5.25.